The van der Waals surface area contributed by atoms with Crippen LogP contribution in [0.15, 0.2) is 85.1 Å². The van der Waals surface area contributed by atoms with E-state index in [1.807, 2.05) is 46.3 Å². The number of quaternary nitrogens is 1. The Morgan fingerprint density at radius 3 is 1.95 bits per heavy atom. The predicted molar refractivity (Wildman–Crippen MR) is 225 cm³/mol. The third kappa shape index (κ3) is 34.5. The Labute approximate surface area is 333 Å². The third-order valence-electron chi connectivity index (χ3n) is 8.41. The quantitative estimate of drug-likeness (QED) is 0.0127. The fourth-order valence-electron chi connectivity index (χ4n) is 5.03. The zero-order valence-electron chi connectivity index (χ0n) is 34.5. The molecule has 0 aromatic rings. The second-order valence-electron chi connectivity index (χ2n) is 14.8. The van der Waals surface area contributed by atoms with Gasteiger partial charge in [0, 0.05) is 6.42 Å². The predicted octanol–water partition coefficient (Wildman–Crippen LogP) is 7.54. The van der Waals surface area contributed by atoms with E-state index in [0.29, 0.717) is 17.4 Å². The molecule has 0 heterocycles. The Bertz CT molecular complexity index is 1220. The van der Waals surface area contributed by atoms with Gasteiger partial charge in [-0.2, -0.15) is 0 Å². The zero-order chi connectivity index (χ0) is 41.2. The van der Waals surface area contributed by atoms with Gasteiger partial charge in [0.05, 0.1) is 58.2 Å². The fourth-order valence-corrected chi connectivity index (χ4v) is 5.76. The second kappa shape index (κ2) is 33.7. The van der Waals surface area contributed by atoms with Crippen LogP contribution in [0.4, 0.5) is 0 Å². The SMILES string of the molecule is CC/C=C\C[C@H](O)/C=C/C=C/C=C\C=C/[C@@H](O)[C@H](O)CCCC(=O)N[C@@H](COP(=O)(O)OCC[N+](C)(C)C)[C@H](O)/C=C/CCCCCCCC/C=C\CCC. The Kier molecular flexibility index (Phi) is 32.2. The highest BCUT2D eigenvalue weighted by Crippen LogP contribution is 2.43. The van der Waals surface area contributed by atoms with E-state index >= 15 is 0 Å². The molecule has 0 aromatic carbocycles. The van der Waals surface area contributed by atoms with Crippen LogP contribution in [0.25, 0.3) is 0 Å². The first-order chi connectivity index (χ1) is 26.2. The lowest BCUT2D eigenvalue weighted by Gasteiger charge is -2.25. The highest BCUT2D eigenvalue weighted by molar-refractivity contribution is 7.47. The summed E-state index contributed by atoms with van der Waals surface area (Å²) in [4.78, 5) is 23.1. The molecule has 6 atom stereocenters. The van der Waals surface area contributed by atoms with E-state index in [1.54, 1.807) is 48.6 Å². The van der Waals surface area contributed by atoms with E-state index in [0.717, 1.165) is 44.9 Å². The molecule has 0 aliphatic rings. The minimum atomic E-state index is -4.44. The molecule has 55 heavy (non-hydrogen) atoms. The molecule has 0 rings (SSSR count). The molecule has 0 aromatic heterocycles. The normalized spacial score (nSPS) is 17.1. The maximum Gasteiger partial charge on any atom is 0.472 e. The van der Waals surface area contributed by atoms with Crippen molar-refractivity contribution in [2.24, 2.45) is 0 Å². The largest absolute Gasteiger partial charge is 0.472 e. The van der Waals surface area contributed by atoms with Crippen molar-refractivity contribution in [2.45, 2.75) is 141 Å². The maximum absolute atomic E-state index is 12.9. The van der Waals surface area contributed by atoms with Crippen molar-refractivity contribution in [3.63, 3.8) is 0 Å². The molecule has 6 N–H and O–H groups in total. The minimum absolute atomic E-state index is 0.00591. The first-order valence-corrected chi connectivity index (χ1v) is 21.8. The second-order valence-corrected chi connectivity index (χ2v) is 16.3. The van der Waals surface area contributed by atoms with Gasteiger partial charge < -0.3 is 35.1 Å². The number of aliphatic hydroxyl groups is 4. The lowest BCUT2D eigenvalue weighted by atomic mass is 10.1. The summed E-state index contributed by atoms with van der Waals surface area (Å²) in [7, 11) is 1.33. The van der Waals surface area contributed by atoms with Crippen LogP contribution in [0, 0.1) is 0 Å². The van der Waals surface area contributed by atoms with Gasteiger partial charge in [-0.1, -0.05) is 131 Å². The third-order valence-corrected chi connectivity index (χ3v) is 9.40. The number of hydrogen-bond donors (Lipinski definition) is 6. The van der Waals surface area contributed by atoms with Crippen molar-refractivity contribution in [1.82, 2.24) is 5.32 Å². The van der Waals surface area contributed by atoms with Crippen molar-refractivity contribution >= 4 is 13.7 Å². The van der Waals surface area contributed by atoms with Crippen LogP contribution in [0.1, 0.15) is 110 Å². The lowest BCUT2D eigenvalue weighted by molar-refractivity contribution is -0.870. The van der Waals surface area contributed by atoms with Crippen LogP contribution in [-0.4, -0.2) is 107 Å². The van der Waals surface area contributed by atoms with Crippen molar-refractivity contribution in [1.29, 1.82) is 0 Å². The average molecular weight is 796 g/mol. The van der Waals surface area contributed by atoms with Crippen molar-refractivity contribution in [3.05, 3.63) is 85.1 Å². The topological polar surface area (TPSA) is 166 Å². The molecular formula is C43H76N2O9P+. The number of phosphoric ester groups is 1. The number of amides is 1. The number of rotatable bonds is 34. The molecule has 0 radical (unpaired) electrons. The van der Waals surface area contributed by atoms with Crippen molar-refractivity contribution < 1.29 is 48.2 Å². The smallest absolute Gasteiger partial charge is 0.390 e. The molecule has 0 aliphatic carbocycles. The summed E-state index contributed by atoms with van der Waals surface area (Å²) in [6.07, 6.45) is 34.5. The van der Waals surface area contributed by atoms with E-state index in [2.05, 4.69) is 24.4 Å². The molecule has 1 amide bonds. The molecule has 0 fully saturated rings. The van der Waals surface area contributed by atoms with Crippen LogP contribution in [0.2, 0.25) is 0 Å². The summed E-state index contributed by atoms with van der Waals surface area (Å²) in [5.74, 6) is -0.438. The molecule has 0 aliphatic heterocycles. The number of hydrogen-bond acceptors (Lipinski definition) is 8. The van der Waals surface area contributed by atoms with Crippen LogP contribution in [-0.2, 0) is 18.4 Å². The van der Waals surface area contributed by atoms with Crippen LogP contribution in [0.5, 0.6) is 0 Å². The number of unbranched alkanes of at least 4 members (excludes halogenated alkanes) is 8. The highest BCUT2D eigenvalue weighted by Gasteiger charge is 2.28. The van der Waals surface area contributed by atoms with Crippen molar-refractivity contribution in [3.8, 4) is 0 Å². The summed E-state index contributed by atoms with van der Waals surface area (Å²) >= 11 is 0. The maximum atomic E-state index is 12.9. The van der Waals surface area contributed by atoms with Crippen molar-refractivity contribution in [2.75, 3.05) is 40.9 Å². The van der Waals surface area contributed by atoms with E-state index in [-0.39, 0.29) is 25.9 Å². The van der Waals surface area contributed by atoms with Gasteiger partial charge in [0.1, 0.15) is 13.2 Å². The van der Waals surface area contributed by atoms with Gasteiger partial charge in [-0.25, -0.2) is 4.57 Å². The Morgan fingerprint density at radius 2 is 1.31 bits per heavy atom. The van der Waals surface area contributed by atoms with Gasteiger partial charge in [0.25, 0.3) is 0 Å². The number of carbonyl (C=O) groups excluding carboxylic acids is 1. The van der Waals surface area contributed by atoms with Gasteiger partial charge in [0.2, 0.25) is 5.91 Å². The number of phosphoric acid groups is 1. The molecule has 11 nitrogen and oxygen atoms in total. The monoisotopic (exact) mass is 796 g/mol. The summed E-state index contributed by atoms with van der Waals surface area (Å²) in [6.45, 7) is 4.23. The first-order valence-electron chi connectivity index (χ1n) is 20.3. The Hall–Kier alpha value is -2.44. The van der Waals surface area contributed by atoms with Gasteiger partial charge >= 0.3 is 7.82 Å². The van der Waals surface area contributed by atoms with E-state index in [1.165, 1.54) is 31.8 Å². The molecule has 0 bridgehead atoms. The van der Waals surface area contributed by atoms with E-state index in [4.69, 9.17) is 9.05 Å². The summed E-state index contributed by atoms with van der Waals surface area (Å²) in [6, 6.07) is -1.01. The number of carbonyl (C=O) groups is 1. The molecular weight excluding hydrogens is 719 g/mol. The van der Waals surface area contributed by atoms with Crippen LogP contribution in [0.3, 0.4) is 0 Å². The standard InChI is InChI=1S/C43H75N2O9P/c1-6-8-10-11-12-13-14-15-16-17-18-22-26-31-40(47)39(37-54-55(51,52)53-36-35-45(3,4)5)44-43(50)34-28-33-42(49)41(48)32-27-23-20-19-21-25-30-38(46)29-24-9-7-2/h9-11,19-21,23-27,30-32,38-42,46-49H,6-8,12-18,22,28-29,33-37H2,1-5H3,(H-,44,50,51,52)/p+1/b11-10-,21-19+,23-20-,24-9-,30-25+,31-26+,32-27-/t38-,39-,40+,41+,42+/m0/s1. The van der Waals surface area contributed by atoms with Gasteiger partial charge in [-0.3, -0.25) is 13.8 Å². The number of allylic oxidation sites excluding steroid dienone is 10. The summed E-state index contributed by atoms with van der Waals surface area (Å²) < 4.78 is 23.3. The first kappa shape index (κ1) is 52.6. The summed E-state index contributed by atoms with van der Waals surface area (Å²) in [5, 5.41) is 44.2. The average Bonchev–Trinajstić information content (AvgIpc) is 3.12. The molecule has 1 unspecified atom stereocenters. The highest BCUT2D eigenvalue weighted by atomic mass is 31.2. The van der Waals surface area contributed by atoms with Gasteiger partial charge in [-0.05, 0) is 57.8 Å². The van der Waals surface area contributed by atoms with Crippen LogP contribution >= 0.6 is 7.82 Å². The fraction of sp³-hybridized carbons (Fsp3) is 0.651. The molecule has 0 saturated carbocycles. The lowest BCUT2D eigenvalue weighted by Crippen LogP contribution is -2.45. The molecule has 0 spiro atoms. The molecule has 316 valence electrons. The summed E-state index contributed by atoms with van der Waals surface area (Å²) in [5.41, 5.74) is 0. The van der Waals surface area contributed by atoms with E-state index in [9.17, 15) is 34.7 Å². The Morgan fingerprint density at radius 1 is 0.709 bits per heavy atom. The van der Waals surface area contributed by atoms with E-state index < -0.39 is 50.8 Å². The number of aliphatic hydroxyl groups excluding tert-OH is 4. The minimum Gasteiger partial charge on any atom is -0.390 e. The zero-order valence-corrected chi connectivity index (χ0v) is 35.4. The number of nitrogens with zero attached hydrogens (tertiary/aromatic N) is 1. The molecule has 12 heteroatoms. The Balaban J connectivity index is 4.90. The van der Waals surface area contributed by atoms with Gasteiger partial charge in [0.15, 0.2) is 0 Å². The number of likely N-dealkylation sites (N-methyl/N-ethyl adjacent to an activating group) is 1. The molecule has 0 saturated heterocycles. The van der Waals surface area contributed by atoms with Gasteiger partial charge in [-0.15, -0.1) is 0 Å². The number of nitrogens with one attached hydrogen (secondary N) is 1. The van der Waals surface area contributed by atoms with Crippen LogP contribution < -0.4 is 5.32 Å².